The first-order valence-corrected chi connectivity index (χ1v) is 12.4. The Morgan fingerprint density at radius 1 is 1.33 bits per heavy atom. The highest BCUT2D eigenvalue weighted by molar-refractivity contribution is 7.89. The van der Waals surface area contributed by atoms with Gasteiger partial charge in [0.05, 0.1) is 19.3 Å². The first-order valence-electron chi connectivity index (χ1n) is 10.9. The lowest BCUT2D eigenvalue weighted by Crippen LogP contribution is -2.36. The van der Waals surface area contributed by atoms with Crippen LogP contribution in [-0.4, -0.2) is 52.4 Å². The van der Waals surface area contributed by atoms with Gasteiger partial charge in [0.15, 0.2) is 0 Å². The van der Waals surface area contributed by atoms with Crippen molar-refractivity contribution < 1.29 is 17.9 Å². The van der Waals surface area contributed by atoms with E-state index in [0.29, 0.717) is 37.2 Å². The molecular formula is C22H35N3O4S. The normalized spacial score (nSPS) is 18.0. The molecule has 0 spiro atoms. The van der Waals surface area contributed by atoms with E-state index in [2.05, 4.69) is 34.9 Å². The van der Waals surface area contributed by atoms with Crippen LogP contribution in [0.2, 0.25) is 0 Å². The molecule has 1 aliphatic heterocycles. The molecule has 1 aromatic rings. The average Bonchev–Trinajstić information content (AvgIpc) is 2.68. The van der Waals surface area contributed by atoms with Crippen molar-refractivity contribution in [1.29, 1.82) is 0 Å². The van der Waals surface area contributed by atoms with Crippen molar-refractivity contribution in [2.24, 2.45) is 5.41 Å². The van der Waals surface area contributed by atoms with Crippen molar-refractivity contribution in [2.45, 2.75) is 63.9 Å². The van der Waals surface area contributed by atoms with Gasteiger partial charge in [0.25, 0.3) is 0 Å². The molecule has 0 saturated heterocycles. The molecule has 0 radical (unpaired) electrons. The number of pyridine rings is 1. The number of nitrogens with one attached hydrogen (secondary N) is 2. The quantitative estimate of drug-likeness (QED) is 0.407. The Labute approximate surface area is 180 Å². The number of anilines is 1. The minimum absolute atomic E-state index is 0.220. The molecule has 1 aromatic heterocycles. The molecule has 8 heteroatoms. The number of hydrogen-bond donors (Lipinski definition) is 2. The average molecular weight is 438 g/mol. The molecule has 0 atom stereocenters. The molecule has 0 aromatic carbocycles. The van der Waals surface area contributed by atoms with Gasteiger partial charge < -0.3 is 14.8 Å². The highest BCUT2D eigenvalue weighted by Crippen LogP contribution is 2.30. The van der Waals surface area contributed by atoms with Crippen LogP contribution in [0.15, 0.2) is 28.8 Å². The second-order valence-electron chi connectivity index (χ2n) is 8.80. The van der Waals surface area contributed by atoms with E-state index in [9.17, 15) is 8.42 Å². The molecule has 2 N–H and O–H groups in total. The number of rotatable bonds is 11. The Bertz CT molecular complexity index is 848. The van der Waals surface area contributed by atoms with Crippen LogP contribution in [0.25, 0.3) is 0 Å². The zero-order chi connectivity index (χ0) is 21.6. The van der Waals surface area contributed by atoms with Crippen LogP contribution in [0.5, 0.6) is 0 Å². The third kappa shape index (κ3) is 6.26. The molecule has 7 nitrogen and oxygen atoms in total. The number of aromatic nitrogens is 1. The summed E-state index contributed by atoms with van der Waals surface area (Å²) in [6.07, 6.45) is 9.32. The molecule has 3 rings (SSSR count). The van der Waals surface area contributed by atoms with Crippen molar-refractivity contribution in [2.75, 3.05) is 38.2 Å². The fourth-order valence-electron chi connectivity index (χ4n) is 3.61. The summed E-state index contributed by atoms with van der Waals surface area (Å²) in [5, 5.41) is 3.25. The van der Waals surface area contributed by atoms with Crippen molar-refractivity contribution >= 4 is 15.8 Å². The summed E-state index contributed by atoms with van der Waals surface area (Å²) in [6, 6.07) is 1.79. The van der Waals surface area contributed by atoms with E-state index >= 15 is 0 Å². The SMILES string of the molecule is Cc1cc(NCCCOC2CCC2)ncc1S(=O)(=O)NCC(C)(C)C1=CCOCC1. The second-order valence-corrected chi connectivity index (χ2v) is 10.5. The van der Waals surface area contributed by atoms with Gasteiger partial charge in [-0.05, 0) is 56.1 Å². The zero-order valence-electron chi connectivity index (χ0n) is 18.4. The van der Waals surface area contributed by atoms with Gasteiger partial charge in [0.2, 0.25) is 10.0 Å². The molecule has 1 aliphatic carbocycles. The van der Waals surface area contributed by atoms with E-state index in [1.165, 1.54) is 31.0 Å². The molecule has 1 saturated carbocycles. The fraction of sp³-hybridized carbons (Fsp3) is 0.682. The van der Waals surface area contributed by atoms with Crippen molar-refractivity contribution in [3.63, 3.8) is 0 Å². The van der Waals surface area contributed by atoms with E-state index in [1.807, 2.05) is 0 Å². The van der Waals surface area contributed by atoms with Gasteiger partial charge in [0, 0.05) is 25.9 Å². The van der Waals surface area contributed by atoms with Gasteiger partial charge in [-0.25, -0.2) is 18.1 Å². The van der Waals surface area contributed by atoms with E-state index in [-0.39, 0.29) is 10.3 Å². The highest BCUT2D eigenvalue weighted by atomic mass is 32.2. The lowest BCUT2D eigenvalue weighted by Gasteiger charge is -2.30. The van der Waals surface area contributed by atoms with Crippen LogP contribution in [-0.2, 0) is 19.5 Å². The van der Waals surface area contributed by atoms with Crippen LogP contribution in [0.3, 0.4) is 0 Å². The van der Waals surface area contributed by atoms with Gasteiger partial charge >= 0.3 is 0 Å². The molecule has 30 heavy (non-hydrogen) atoms. The number of aryl methyl sites for hydroxylation is 1. The van der Waals surface area contributed by atoms with Crippen LogP contribution in [0, 0.1) is 12.3 Å². The molecular weight excluding hydrogens is 402 g/mol. The lowest BCUT2D eigenvalue weighted by molar-refractivity contribution is 0.00244. The highest BCUT2D eigenvalue weighted by Gasteiger charge is 2.28. The number of ether oxygens (including phenoxy) is 2. The summed E-state index contributed by atoms with van der Waals surface area (Å²) in [5.41, 5.74) is 1.64. The van der Waals surface area contributed by atoms with E-state index in [1.54, 1.807) is 13.0 Å². The van der Waals surface area contributed by atoms with Crippen LogP contribution < -0.4 is 10.0 Å². The van der Waals surface area contributed by atoms with Crippen LogP contribution in [0.4, 0.5) is 5.82 Å². The fourth-order valence-corrected chi connectivity index (χ4v) is 4.99. The maximum atomic E-state index is 12.9. The predicted molar refractivity (Wildman–Crippen MR) is 118 cm³/mol. The Hall–Kier alpha value is -1.48. The molecule has 0 bridgehead atoms. The maximum absolute atomic E-state index is 12.9. The van der Waals surface area contributed by atoms with Gasteiger partial charge in [-0.1, -0.05) is 25.5 Å². The summed E-state index contributed by atoms with van der Waals surface area (Å²) in [6.45, 7) is 9.01. The zero-order valence-corrected chi connectivity index (χ0v) is 19.2. The van der Waals surface area contributed by atoms with E-state index in [4.69, 9.17) is 9.47 Å². The van der Waals surface area contributed by atoms with Gasteiger partial charge in [0.1, 0.15) is 10.7 Å². The summed E-state index contributed by atoms with van der Waals surface area (Å²) < 4.78 is 39.6. The Kier molecular flexibility index (Phi) is 7.90. The molecule has 2 aliphatic rings. The van der Waals surface area contributed by atoms with Gasteiger partial charge in [-0.15, -0.1) is 0 Å². The lowest BCUT2D eigenvalue weighted by atomic mass is 9.82. The smallest absolute Gasteiger partial charge is 0.242 e. The minimum Gasteiger partial charge on any atom is -0.378 e. The van der Waals surface area contributed by atoms with Gasteiger partial charge in [-0.2, -0.15) is 0 Å². The third-order valence-corrected chi connectivity index (χ3v) is 7.45. The number of nitrogens with zero attached hydrogens (tertiary/aromatic N) is 1. The minimum atomic E-state index is -3.63. The van der Waals surface area contributed by atoms with Gasteiger partial charge in [-0.3, -0.25) is 0 Å². The number of hydrogen-bond acceptors (Lipinski definition) is 6. The molecule has 1 fully saturated rings. The second kappa shape index (κ2) is 10.2. The van der Waals surface area contributed by atoms with Crippen molar-refractivity contribution in [3.8, 4) is 0 Å². The summed E-state index contributed by atoms with van der Waals surface area (Å²) in [5.74, 6) is 0.683. The molecule has 0 unspecified atom stereocenters. The van der Waals surface area contributed by atoms with Crippen molar-refractivity contribution in [1.82, 2.24) is 9.71 Å². The first-order chi connectivity index (χ1) is 14.3. The monoisotopic (exact) mass is 437 g/mol. The van der Waals surface area contributed by atoms with Crippen molar-refractivity contribution in [3.05, 3.63) is 29.5 Å². The predicted octanol–water partition coefficient (Wildman–Crippen LogP) is 3.41. The summed E-state index contributed by atoms with van der Waals surface area (Å²) in [7, 11) is -3.63. The van der Waals surface area contributed by atoms with Crippen LogP contribution >= 0.6 is 0 Å². The Morgan fingerprint density at radius 3 is 2.77 bits per heavy atom. The standard InChI is InChI=1S/C22H35N3O4S/c1-17-14-21(23-10-5-11-29-19-6-4-7-19)24-15-20(17)30(26,27)25-16-22(2,3)18-8-12-28-13-9-18/h8,14-15,19,25H,4-7,9-13,16H2,1-3H3,(H,23,24). The molecule has 2 heterocycles. The van der Waals surface area contributed by atoms with E-state index in [0.717, 1.165) is 26.0 Å². The number of sulfonamides is 1. The largest absolute Gasteiger partial charge is 0.378 e. The molecule has 168 valence electrons. The Balaban J connectivity index is 1.51. The Morgan fingerprint density at radius 2 is 2.13 bits per heavy atom. The van der Waals surface area contributed by atoms with E-state index < -0.39 is 10.0 Å². The molecule has 0 amide bonds. The van der Waals surface area contributed by atoms with Crippen LogP contribution in [0.1, 0.15) is 51.5 Å². The topological polar surface area (TPSA) is 89.5 Å². The maximum Gasteiger partial charge on any atom is 0.242 e. The summed E-state index contributed by atoms with van der Waals surface area (Å²) in [4.78, 5) is 4.52. The third-order valence-electron chi connectivity index (χ3n) is 5.92. The summed E-state index contributed by atoms with van der Waals surface area (Å²) >= 11 is 0. The first kappa shape index (κ1) is 23.2.